The number of alkyl halides is 3. The lowest BCUT2D eigenvalue weighted by Gasteiger charge is -2.17. The third-order valence-electron chi connectivity index (χ3n) is 2.39. The highest BCUT2D eigenvalue weighted by Crippen LogP contribution is 2.29. The summed E-state index contributed by atoms with van der Waals surface area (Å²) in [6, 6.07) is 0.0212. The average Bonchev–Trinajstić information content (AvgIpc) is 2.36. The maximum Gasteiger partial charge on any atom is 0.433 e. The molecule has 0 radical (unpaired) electrons. The van der Waals surface area contributed by atoms with Crippen LogP contribution in [0.5, 0.6) is 0 Å². The maximum absolute atomic E-state index is 12.6. The molecule has 116 valence electrons. The zero-order valence-corrected chi connectivity index (χ0v) is 10.8. The van der Waals surface area contributed by atoms with Gasteiger partial charge in [0.1, 0.15) is 17.6 Å². The fourth-order valence-corrected chi connectivity index (χ4v) is 1.43. The van der Waals surface area contributed by atoms with E-state index in [0.29, 0.717) is 6.07 Å². The number of hydrogen-bond acceptors (Lipinski definition) is 5. The van der Waals surface area contributed by atoms with Gasteiger partial charge in [0.2, 0.25) is 0 Å². The summed E-state index contributed by atoms with van der Waals surface area (Å²) >= 11 is 0. The first-order valence-corrected chi connectivity index (χ1v) is 5.53. The topological polar surface area (TPSA) is 115 Å². The van der Waals surface area contributed by atoms with Crippen LogP contribution in [0.4, 0.5) is 19.0 Å². The van der Waals surface area contributed by atoms with Crippen LogP contribution in [0.15, 0.2) is 12.1 Å². The van der Waals surface area contributed by atoms with Crippen molar-refractivity contribution in [2.75, 3.05) is 19.0 Å². The smallest absolute Gasteiger partial charge is 0.433 e. The van der Waals surface area contributed by atoms with E-state index in [1.807, 2.05) is 0 Å². The Hall–Kier alpha value is -2.36. The summed E-state index contributed by atoms with van der Waals surface area (Å²) in [7, 11) is 1.21. The van der Waals surface area contributed by atoms with E-state index in [1.54, 1.807) is 0 Å². The number of halogens is 3. The first-order valence-electron chi connectivity index (χ1n) is 5.53. The lowest BCUT2D eigenvalue weighted by atomic mass is 10.2. The van der Waals surface area contributed by atoms with Gasteiger partial charge in [0, 0.05) is 7.11 Å². The van der Waals surface area contributed by atoms with E-state index in [-0.39, 0.29) is 12.2 Å². The number of ether oxygens (including phenoxy) is 1. The standard InChI is InChI=1S/C11H12F3N3O4/c1-21-4-6(10(19)20)16-9-5(8(15)18)2-3-7(17-9)11(12,13)14/h2-3,6H,4H2,1H3,(H2,15,18)(H,16,17)(H,19,20). The molecule has 10 heteroatoms. The van der Waals surface area contributed by atoms with E-state index in [9.17, 15) is 22.8 Å². The van der Waals surface area contributed by atoms with Gasteiger partial charge in [-0.25, -0.2) is 9.78 Å². The third kappa shape index (κ3) is 4.31. The van der Waals surface area contributed by atoms with Gasteiger partial charge in [0.15, 0.2) is 0 Å². The second-order valence-electron chi connectivity index (χ2n) is 3.95. The van der Waals surface area contributed by atoms with Gasteiger partial charge in [-0.1, -0.05) is 0 Å². The molecule has 1 aromatic rings. The van der Waals surface area contributed by atoms with Crippen LogP contribution in [0.25, 0.3) is 0 Å². The molecule has 4 N–H and O–H groups in total. The number of carboxylic acids is 1. The van der Waals surface area contributed by atoms with Gasteiger partial charge < -0.3 is 20.9 Å². The number of pyridine rings is 1. The second kappa shape index (κ2) is 6.39. The first-order chi connectivity index (χ1) is 9.66. The van der Waals surface area contributed by atoms with E-state index in [2.05, 4.69) is 15.0 Å². The molecule has 0 saturated carbocycles. The quantitative estimate of drug-likeness (QED) is 0.713. The number of carbonyl (C=O) groups is 2. The molecule has 0 aliphatic rings. The highest BCUT2D eigenvalue weighted by Gasteiger charge is 2.34. The fraction of sp³-hybridized carbons (Fsp3) is 0.364. The van der Waals surface area contributed by atoms with E-state index >= 15 is 0 Å². The summed E-state index contributed by atoms with van der Waals surface area (Å²) in [6.45, 7) is -0.342. The molecule has 1 aromatic heterocycles. The monoisotopic (exact) mass is 307 g/mol. The van der Waals surface area contributed by atoms with Gasteiger partial charge in [-0.15, -0.1) is 0 Å². The predicted molar refractivity (Wildman–Crippen MR) is 64.7 cm³/mol. The lowest BCUT2D eigenvalue weighted by Crippen LogP contribution is -2.35. The van der Waals surface area contributed by atoms with Gasteiger partial charge in [0.25, 0.3) is 5.91 Å². The second-order valence-corrected chi connectivity index (χ2v) is 3.95. The Morgan fingerprint density at radius 2 is 2.10 bits per heavy atom. The number of methoxy groups -OCH3 is 1. The number of hydrogen-bond donors (Lipinski definition) is 3. The summed E-state index contributed by atoms with van der Waals surface area (Å²) in [5, 5.41) is 11.1. The molecule has 0 bridgehead atoms. The molecule has 0 spiro atoms. The molecule has 0 aliphatic heterocycles. The number of anilines is 1. The Morgan fingerprint density at radius 3 is 2.52 bits per heavy atom. The Labute approximate surface area is 116 Å². The van der Waals surface area contributed by atoms with Crippen LogP contribution in [0.2, 0.25) is 0 Å². The average molecular weight is 307 g/mol. The van der Waals surface area contributed by atoms with Crippen molar-refractivity contribution in [1.29, 1.82) is 0 Å². The van der Waals surface area contributed by atoms with Crippen LogP contribution in [0, 0.1) is 0 Å². The van der Waals surface area contributed by atoms with Crippen molar-refractivity contribution in [3.05, 3.63) is 23.4 Å². The van der Waals surface area contributed by atoms with Gasteiger partial charge in [-0.3, -0.25) is 4.79 Å². The number of aliphatic carboxylic acids is 1. The van der Waals surface area contributed by atoms with Gasteiger partial charge in [-0.05, 0) is 12.1 Å². The van der Waals surface area contributed by atoms with Crippen LogP contribution in [-0.2, 0) is 15.7 Å². The van der Waals surface area contributed by atoms with E-state index in [4.69, 9.17) is 10.8 Å². The molecular formula is C11H12F3N3O4. The number of carboxylic acid groups (broad SMARTS) is 1. The van der Waals surface area contributed by atoms with Crippen molar-refractivity contribution in [2.24, 2.45) is 5.73 Å². The molecule has 0 aromatic carbocycles. The Balaban J connectivity index is 3.23. The maximum atomic E-state index is 12.6. The number of aromatic nitrogens is 1. The molecule has 1 unspecified atom stereocenters. The molecular weight excluding hydrogens is 295 g/mol. The van der Waals surface area contributed by atoms with Crippen LogP contribution in [0.1, 0.15) is 16.1 Å². The van der Waals surface area contributed by atoms with Crippen molar-refractivity contribution in [1.82, 2.24) is 4.98 Å². The minimum atomic E-state index is -4.74. The Morgan fingerprint density at radius 1 is 1.48 bits per heavy atom. The van der Waals surface area contributed by atoms with Gasteiger partial charge in [0.05, 0.1) is 12.2 Å². The summed E-state index contributed by atoms with van der Waals surface area (Å²) in [5.41, 5.74) is 3.38. The molecule has 0 fully saturated rings. The molecule has 1 amide bonds. The van der Waals surface area contributed by atoms with Crippen molar-refractivity contribution >= 4 is 17.7 Å². The number of amides is 1. The minimum absolute atomic E-state index is 0.342. The minimum Gasteiger partial charge on any atom is -0.480 e. The SMILES string of the molecule is COCC(Nc1nc(C(F)(F)F)ccc1C(N)=O)C(=O)O. The predicted octanol–water partition coefficient (Wildman–Crippen LogP) is 0.711. The third-order valence-corrected chi connectivity index (χ3v) is 2.39. The van der Waals surface area contributed by atoms with Crippen LogP contribution in [-0.4, -0.2) is 41.7 Å². The summed E-state index contributed by atoms with van der Waals surface area (Å²) in [5.74, 6) is -2.99. The van der Waals surface area contributed by atoms with Gasteiger partial charge >= 0.3 is 12.1 Å². The van der Waals surface area contributed by atoms with Gasteiger partial charge in [-0.2, -0.15) is 13.2 Å². The van der Waals surface area contributed by atoms with E-state index in [0.717, 1.165) is 6.07 Å². The lowest BCUT2D eigenvalue weighted by molar-refractivity contribution is -0.141. The summed E-state index contributed by atoms with van der Waals surface area (Å²) < 4.78 is 42.4. The van der Waals surface area contributed by atoms with E-state index < -0.39 is 35.6 Å². The van der Waals surface area contributed by atoms with E-state index in [1.165, 1.54) is 7.11 Å². The number of nitrogens with one attached hydrogen (secondary N) is 1. The summed E-state index contributed by atoms with van der Waals surface area (Å²) in [6.07, 6.45) is -4.74. The van der Waals surface area contributed by atoms with Crippen LogP contribution >= 0.6 is 0 Å². The zero-order valence-electron chi connectivity index (χ0n) is 10.8. The largest absolute Gasteiger partial charge is 0.480 e. The number of rotatable bonds is 6. The Bertz CT molecular complexity index is 548. The fourth-order valence-electron chi connectivity index (χ4n) is 1.43. The van der Waals surface area contributed by atoms with Crippen molar-refractivity contribution in [3.63, 3.8) is 0 Å². The normalized spacial score (nSPS) is 12.8. The summed E-state index contributed by atoms with van der Waals surface area (Å²) in [4.78, 5) is 25.3. The molecule has 1 heterocycles. The molecule has 0 aliphatic carbocycles. The number of carbonyl (C=O) groups excluding carboxylic acids is 1. The molecule has 7 nitrogen and oxygen atoms in total. The first kappa shape index (κ1) is 16.7. The van der Waals surface area contributed by atoms with Crippen LogP contribution in [0.3, 0.4) is 0 Å². The Kier molecular flexibility index (Phi) is 5.08. The van der Waals surface area contributed by atoms with Crippen molar-refractivity contribution < 1.29 is 32.6 Å². The highest BCUT2D eigenvalue weighted by atomic mass is 19.4. The number of primary amides is 1. The number of nitrogens with two attached hydrogens (primary N) is 1. The van der Waals surface area contributed by atoms with Crippen molar-refractivity contribution in [3.8, 4) is 0 Å². The highest BCUT2D eigenvalue weighted by molar-refractivity contribution is 5.98. The molecule has 1 rings (SSSR count). The number of nitrogens with zero attached hydrogens (tertiary/aromatic N) is 1. The zero-order chi connectivity index (χ0) is 16.2. The molecule has 21 heavy (non-hydrogen) atoms. The molecule has 0 saturated heterocycles. The van der Waals surface area contributed by atoms with Crippen LogP contribution < -0.4 is 11.1 Å². The van der Waals surface area contributed by atoms with Crippen molar-refractivity contribution in [2.45, 2.75) is 12.2 Å². The molecule has 1 atom stereocenters.